The number of rotatable bonds is 5. The van der Waals surface area contributed by atoms with Gasteiger partial charge < -0.3 is 14.3 Å². The molecule has 2 rings (SSSR count). The summed E-state index contributed by atoms with van der Waals surface area (Å²) in [7, 11) is 0. The minimum absolute atomic E-state index is 0.0448. The highest BCUT2D eigenvalue weighted by atomic mass is 16.5. The van der Waals surface area contributed by atoms with E-state index in [1.165, 1.54) is 13.0 Å². The first-order valence-corrected chi connectivity index (χ1v) is 5.61. The van der Waals surface area contributed by atoms with Crippen molar-refractivity contribution in [2.45, 2.75) is 13.5 Å². The van der Waals surface area contributed by atoms with E-state index in [1.54, 1.807) is 24.3 Å². The third kappa shape index (κ3) is 3.22. The first-order valence-electron chi connectivity index (χ1n) is 5.61. The van der Waals surface area contributed by atoms with E-state index >= 15 is 0 Å². The highest BCUT2D eigenvalue weighted by Gasteiger charge is 2.09. The standard InChI is InChI=1S/C14H12O5/c1-9(15)10-3-2-4-12(5-10)19-8-13-6-11(7-18-13)14(16)17/h2-7H,8H2,1H3,(H,16,17). The number of carbonyl (C=O) groups excluding carboxylic acids is 1. The van der Waals surface area contributed by atoms with Gasteiger partial charge in [0.15, 0.2) is 5.78 Å². The van der Waals surface area contributed by atoms with Crippen LogP contribution in [-0.2, 0) is 6.61 Å². The lowest BCUT2D eigenvalue weighted by atomic mass is 10.1. The van der Waals surface area contributed by atoms with Crippen molar-refractivity contribution in [3.05, 3.63) is 53.5 Å². The van der Waals surface area contributed by atoms with E-state index in [-0.39, 0.29) is 18.0 Å². The monoisotopic (exact) mass is 260 g/mol. The number of aromatic carboxylic acids is 1. The molecule has 1 N–H and O–H groups in total. The van der Waals surface area contributed by atoms with Gasteiger partial charge >= 0.3 is 5.97 Å². The van der Waals surface area contributed by atoms with Gasteiger partial charge in [-0.05, 0) is 25.1 Å². The van der Waals surface area contributed by atoms with Crippen LogP contribution in [0.15, 0.2) is 41.0 Å². The molecule has 5 heteroatoms. The molecule has 0 aliphatic rings. The Bertz CT molecular complexity index is 612. The predicted octanol–water partition coefficient (Wildman–Crippen LogP) is 2.76. The van der Waals surface area contributed by atoms with Gasteiger partial charge in [-0.25, -0.2) is 4.79 Å². The summed E-state index contributed by atoms with van der Waals surface area (Å²) in [6, 6.07) is 8.16. The van der Waals surface area contributed by atoms with E-state index in [1.807, 2.05) is 0 Å². The number of carboxylic acids is 1. The van der Waals surface area contributed by atoms with Gasteiger partial charge in [0.25, 0.3) is 0 Å². The third-order valence-electron chi connectivity index (χ3n) is 2.52. The van der Waals surface area contributed by atoms with Crippen LogP contribution in [0.3, 0.4) is 0 Å². The summed E-state index contributed by atoms with van der Waals surface area (Å²) in [5.41, 5.74) is 0.638. The fourth-order valence-corrected chi connectivity index (χ4v) is 1.53. The van der Waals surface area contributed by atoms with Crippen molar-refractivity contribution in [3.63, 3.8) is 0 Å². The molecule has 0 amide bonds. The zero-order valence-electron chi connectivity index (χ0n) is 10.3. The molecular formula is C14H12O5. The molecule has 0 unspecified atom stereocenters. The second-order valence-electron chi connectivity index (χ2n) is 3.98. The fraction of sp³-hybridized carbons (Fsp3) is 0.143. The molecule has 0 aliphatic carbocycles. The molecule has 5 nitrogen and oxygen atoms in total. The maximum atomic E-state index is 11.2. The quantitative estimate of drug-likeness (QED) is 0.836. The van der Waals surface area contributed by atoms with E-state index in [2.05, 4.69) is 0 Å². The van der Waals surface area contributed by atoms with Crippen molar-refractivity contribution in [1.29, 1.82) is 0 Å². The van der Waals surface area contributed by atoms with Gasteiger partial charge in [0.1, 0.15) is 24.4 Å². The fourth-order valence-electron chi connectivity index (χ4n) is 1.53. The number of hydrogen-bond acceptors (Lipinski definition) is 4. The highest BCUT2D eigenvalue weighted by Crippen LogP contribution is 2.16. The largest absolute Gasteiger partial charge is 0.486 e. The maximum absolute atomic E-state index is 11.2. The Balaban J connectivity index is 2.03. The first kappa shape index (κ1) is 12.9. The minimum Gasteiger partial charge on any atom is -0.486 e. The normalized spacial score (nSPS) is 10.2. The molecular weight excluding hydrogens is 248 g/mol. The summed E-state index contributed by atoms with van der Waals surface area (Å²) in [5.74, 6) is -0.156. The number of carbonyl (C=O) groups is 2. The van der Waals surface area contributed by atoms with Crippen molar-refractivity contribution in [3.8, 4) is 5.75 Å². The average Bonchev–Trinajstić information content (AvgIpc) is 2.85. The lowest BCUT2D eigenvalue weighted by Gasteiger charge is -2.05. The number of benzene rings is 1. The van der Waals surface area contributed by atoms with Crippen molar-refractivity contribution >= 4 is 11.8 Å². The summed E-state index contributed by atoms with van der Waals surface area (Å²) >= 11 is 0. The van der Waals surface area contributed by atoms with Gasteiger partial charge in [-0.2, -0.15) is 0 Å². The maximum Gasteiger partial charge on any atom is 0.338 e. The van der Waals surface area contributed by atoms with Gasteiger partial charge in [0.2, 0.25) is 0 Å². The summed E-state index contributed by atoms with van der Waals surface area (Å²) < 4.78 is 10.5. The van der Waals surface area contributed by atoms with Gasteiger partial charge in [0.05, 0.1) is 5.56 Å². The Hall–Kier alpha value is -2.56. The Morgan fingerprint density at radius 3 is 2.68 bits per heavy atom. The smallest absolute Gasteiger partial charge is 0.338 e. The number of Topliss-reactive ketones (excluding diaryl/α,β-unsaturated/α-hetero) is 1. The van der Waals surface area contributed by atoms with Crippen molar-refractivity contribution in [1.82, 2.24) is 0 Å². The van der Waals surface area contributed by atoms with Crippen LogP contribution in [-0.4, -0.2) is 16.9 Å². The van der Waals surface area contributed by atoms with E-state index in [0.717, 1.165) is 6.26 Å². The molecule has 19 heavy (non-hydrogen) atoms. The van der Waals surface area contributed by atoms with Crippen LogP contribution in [0.4, 0.5) is 0 Å². The molecule has 0 atom stereocenters. The molecule has 0 saturated carbocycles. The number of ketones is 1. The van der Waals surface area contributed by atoms with Crippen LogP contribution in [0.5, 0.6) is 5.75 Å². The van der Waals surface area contributed by atoms with Gasteiger partial charge in [-0.3, -0.25) is 4.79 Å². The third-order valence-corrected chi connectivity index (χ3v) is 2.52. The summed E-state index contributed by atoms with van der Waals surface area (Å²) in [5, 5.41) is 8.74. The summed E-state index contributed by atoms with van der Waals surface area (Å²) in [4.78, 5) is 21.9. The molecule has 2 aromatic rings. The van der Waals surface area contributed by atoms with Crippen LogP contribution in [0, 0.1) is 0 Å². The zero-order valence-corrected chi connectivity index (χ0v) is 10.3. The van der Waals surface area contributed by atoms with Crippen LogP contribution >= 0.6 is 0 Å². The Kier molecular flexibility index (Phi) is 3.66. The summed E-state index contributed by atoms with van der Waals surface area (Å²) in [6.07, 6.45) is 1.16. The van der Waals surface area contributed by atoms with Crippen LogP contribution < -0.4 is 4.74 Å². The van der Waals surface area contributed by atoms with E-state index < -0.39 is 5.97 Å². The second-order valence-corrected chi connectivity index (χ2v) is 3.98. The van der Waals surface area contributed by atoms with Gasteiger partial charge in [-0.1, -0.05) is 12.1 Å². The second kappa shape index (κ2) is 5.39. The lowest BCUT2D eigenvalue weighted by Crippen LogP contribution is -1.97. The Morgan fingerprint density at radius 2 is 2.05 bits per heavy atom. The number of hydrogen-bond donors (Lipinski definition) is 1. The number of ether oxygens (including phenoxy) is 1. The molecule has 0 bridgehead atoms. The van der Waals surface area contributed by atoms with Crippen LogP contribution in [0.1, 0.15) is 33.4 Å². The zero-order chi connectivity index (χ0) is 13.8. The molecule has 1 heterocycles. The molecule has 98 valence electrons. The Labute approximate surface area is 109 Å². The molecule has 1 aromatic heterocycles. The van der Waals surface area contributed by atoms with E-state index in [9.17, 15) is 9.59 Å². The number of furan rings is 1. The van der Waals surface area contributed by atoms with Crippen molar-refractivity contribution < 1.29 is 23.8 Å². The molecule has 0 aliphatic heterocycles. The molecule has 0 saturated heterocycles. The molecule has 0 radical (unpaired) electrons. The first-order chi connectivity index (χ1) is 9.06. The molecule has 1 aromatic carbocycles. The highest BCUT2D eigenvalue weighted by molar-refractivity contribution is 5.94. The van der Waals surface area contributed by atoms with E-state index in [0.29, 0.717) is 17.1 Å². The topological polar surface area (TPSA) is 76.7 Å². The van der Waals surface area contributed by atoms with Gasteiger partial charge in [0, 0.05) is 5.56 Å². The Morgan fingerprint density at radius 1 is 1.26 bits per heavy atom. The van der Waals surface area contributed by atoms with E-state index in [4.69, 9.17) is 14.3 Å². The SMILES string of the molecule is CC(=O)c1cccc(OCc2cc(C(=O)O)co2)c1. The molecule has 0 spiro atoms. The summed E-state index contributed by atoms with van der Waals surface area (Å²) in [6.45, 7) is 1.58. The van der Waals surface area contributed by atoms with Crippen molar-refractivity contribution in [2.24, 2.45) is 0 Å². The minimum atomic E-state index is -1.05. The van der Waals surface area contributed by atoms with Crippen LogP contribution in [0.2, 0.25) is 0 Å². The lowest BCUT2D eigenvalue weighted by molar-refractivity contribution is 0.0696. The van der Waals surface area contributed by atoms with Crippen molar-refractivity contribution in [2.75, 3.05) is 0 Å². The number of carboxylic acid groups (broad SMARTS) is 1. The van der Waals surface area contributed by atoms with Crippen LogP contribution in [0.25, 0.3) is 0 Å². The van der Waals surface area contributed by atoms with Gasteiger partial charge in [-0.15, -0.1) is 0 Å². The molecule has 0 fully saturated rings. The predicted molar refractivity (Wildman–Crippen MR) is 66.4 cm³/mol. The average molecular weight is 260 g/mol.